The van der Waals surface area contributed by atoms with Crippen molar-refractivity contribution in [1.82, 2.24) is 10.2 Å². The summed E-state index contributed by atoms with van der Waals surface area (Å²) in [5.74, 6) is -1.27. The summed E-state index contributed by atoms with van der Waals surface area (Å²) < 4.78 is 54.5. The van der Waals surface area contributed by atoms with Gasteiger partial charge in [0.15, 0.2) is 0 Å². The topological polar surface area (TPSA) is 87.0 Å². The van der Waals surface area contributed by atoms with Crippen LogP contribution in [0.4, 0.5) is 14.5 Å². The van der Waals surface area contributed by atoms with E-state index in [1.165, 1.54) is 18.3 Å². The normalized spacial score (nSPS) is 16.3. The molecule has 0 radical (unpaired) electrons. The number of rotatable bonds is 4. The molecule has 26 heavy (non-hydrogen) atoms. The zero-order chi connectivity index (χ0) is 18.8. The maximum absolute atomic E-state index is 14.8. The lowest BCUT2D eigenvalue weighted by Gasteiger charge is -2.36. The summed E-state index contributed by atoms with van der Waals surface area (Å²) in [4.78, 5) is 1.41. The number of sulfone groups is 1. The van der Waals surface area contributed by atoms with Gasteiger partial charge in [-0.1, -0.05) is 0 Å². The van der Waals surface area contributed by atoms with Crippen LogP contribution in [0.3, 0.4) is 0 Å². The van der Waals surface area contributed by atoms with Crippen LogP contribution in [0.15, 0.2) is 47.6 Å². The van der Waals surface area contributed by atoms with Gasteiger partial charge < -0.3 is 4.90 Å². The maximum Gasteiger partial charge on any atom is 0.352 e. The lowest BCUT2D eigenvalue weighted by atomic mass is 9.97. The van der Waals surface area contributed by atoms with E-state index in [1.807, 2.05) is 11.0 Å². The first kappa shape index (κ1) is 18.2. The van der Waals surface area contributed by atoms with Crippen LogP contribution in [-0.4, -0.2) is 37.0 Å². The summed E-state index contributed by atoms with van der Waals surface area (Å²) in [5, 5.41) is 12.3. The van der Waals surface area contributed by atoms with Crippen molar-refractivity contribution < 1.29 is 17.2 Å². The average molecular weight is 378 g/mol. The van der Waals surface area contributed by atoms with Crippen LogP contribution in [0.5, 0.6) is 0 Å². The van der Waals surface area contributed by atoms with Crippen molar-refractivity contribution >= 4 is 15.5 Å². The summed E-state index contributed by atoms with van der Waals surface area (Å²) >= 11 is 0. The number of hydrogen-bond acceptors (Lipinski definition) is 6. The zero-order valence-electron chi connectivity index (χ0n) is 13.7. The summed E-state index contributed by atoms with van der Waals surface area (Å²) in [6, 6.07) is 8.12. The molecule has 0 aliphatic carbocycles. The first-order chi connectivity index (χ1) is 12.4. The van der Waals surface area contributed by atoms with Gasteiger partial charge in [0.25, 0.3) is 0 Å². The number of hydrogen-bond donors (Lipinski definition) is 0. The predicted octanol–water partition coefficient (Wildman–Crippen LogP) is 2.63. The predicted molar refractivity (Wildman–Crippen MR) is 90.3 cm³/mol. The van der Waals surface area contributed by atoms with Crippen molar-refractivity contribution in [3.8, 4) is 6.07 Å². The van der Waals surface area contributed by atoms with E-state index in [0.29, 0.717) is 13.1 Å². The first-order valence-electron chi connectivity index (χ1n) is 8.00. The molecule has 1 fully saturated rings. The van der Waals surface area contributed by atoms with Gasteiger partial charge in [-0.25, -0.2) is 8.42 Å². The number of alkyl halides is 2. The number of aromatic nitrogens is 2. The SMILES string of the molecule is N#Cc1ccc(S(=O)(=O)C(F)(F)C2CCN(c3ccnnc3)CC2)cc1. The Morgan fingerprint density at radius 2 is 1.77 bits per heavy atom. The second-order valence-corrected chi connectivity index (χ2v) is 8.09. The zero-order valence-corrected chi connectivity index (χ0v) is 14.5. The van der Waals surface area contributed by atoms with E-state index in [9.17, 15) is 17.2 Å². The Morgan fingerprint density at radius 3 is 2.31 bits per heavy atom. The highest BCUT2D eigenvalue weighted by atomic mass is 32.2. The minimum absolute atomic E-state index is 0.0465. The van der Waals surface area contributed by atoms with E-state index in [1.54, 1.807) is 12.3 Å². The van der Waals surface area contributed by atoms with Crippen LogP contribution in [0, 0.1) is 17.2 Å². The van der Waals surface area contributed by atoms with E-state index >= 15 is 0 Å². The smallest absolute Gasteiger partial charge is 0.352 e. The summed E-state index contributed by atoms with van der Waals surface area (Å²) in [5.41, 5.74) is 0.989. The van der Waals surface area contributed by atoms with Crippen LogP contribution in [0.25, 0.3) is 0 Å². The summed E-state index contributed by atoms with van der Waals surface area (Å²) in [6.07, 6.45) is 3.16. The number of nitriles is 1. The molecule has 9 heteroatoms. The van der Waals surface area contributed by atoms with Gasteiger partial charge in [-0.15, -0.1) is 0 Å². The molecule has 1 saturated heterocycles. The Labute approximate surface area is 150 Å². The lowest BCUT2D eigenvalue weighted by molar-refractivity contribution is 0.0149. The van der Waals surface area contributed by atoms with Gasteiger partial charge in [-0.05, 0) is 43.2 Å². The molecule has 0 unspecified atom stereocenters. The first-order valence-corrected chi connectivity index (χ1v) is 9.49. The Bertz CT molecular complexity index is 904. The summed E-state index contributed by atoms with van der Waals surface area (Å²) in [7, 11) is -4.83. The molecule has 0 atom stereocenters. The fourth-order valence-corrected chi connectivity index (χ4v) is 4.51. The van der Waals surface area contributed by atoms with E-state index in [2.05, 4.69) is 10.2 Å². The molecular formula is C17H16F2N4O2S. The molecule has 0 saturated carbocycles. The largest absolute Gasteiger partial charge is 0.370 e. The number of anilines is 1. The Kier molecular flexibility index (Phi) is 4.87. The molecule has 1 aliphatic heterocycles. The van der Waals surface area contributed by atoms with Gasteiger partial charge in [-0.3, -0.25) is 0 Å². The Hall–Kier alpha value is -2.60. The van der Waals surface area contributed by atoms with Crippen molar-refractivity contribution in [2.45, 2.75) is 23.0 Å². The molecule has 2 aromatic rings. The second kappa shape index (κ2) is 6.96. The maximum atomic E-state index is 14.8. The van der Waals surface area contributed by atoms with Gasteiger partial charge >= 0.3 is 5.25 Å². The highest BCUT2D eigenvalue weighted by Crippen LogP contribution is 2.41. The average Bonchev–Trinajstić information content (AvgIpc) is 2.68. The molecule has 3 rings (SSSR count). The molecular weight excluding hydrogens is 362 g/mol. The second-order valence-electron chi connectivity index (χ2n) is 6.06. The van der Waals surface area contributed by atoms with Crippen molar-refractivity contribution in [3.05, 3.63) is 48.3 Å². The molecule has 136 valence electrons. The van der Waals surface area contributed by atoms with Gasteiger partial charge in [0, 0.05) is 19.0 Å². The van der Waals surface area contributed by atoms with Crippen molar-refractivity contribution in [2.24, 2.45) is 5.92 Å². The highest BCUT2D eigenvalue weighted by Gasteiger charge is 2.53. The quantitative estimate of drug-likeness (QED) is 0.813. The van der Waals surface area contributed by atoms with Crippen molar-refractivity contribution in [3.63, 3.8) is 0 Å². The number of benzene rings is 1. The fraction of sp³-hybridized carbons (Fsp3) is 0.353. The molecule has 0 spiro atoms. The Balaban J connectivity index is 1.76. The van der Waals surface area contributed by atoms with Crippen LogP contribution in [-0.2, 0) is 9.84 Å². The monoisotopic (exact) mass is 378 g/mol. The summed E-state index contributed by atoms with van der Waals surface area (Å²) in [6.45, 7) is 0.629. The van der Waals surface area contributed by atoms with Gasteiger partial charge in [0.05, 0.1) is 34.6 Å². The van der Waals surface area contributed by atoms with Gasteiger partial charge in [0.1, 0.15) is 0 Å². The standard InChI is InChI=1S/C17H16F2N4O2S/c18-17(19,26(24,25)16-3-1-13(11-20)2-4-16)14-6-9-23(10-7-14)15-5-8-21-22-12-15/h1-5,8,12,14H,6-7,9-10H2. The Morgan fingerprint density at radius 1 is 1.12 bits per heavy atom. The molecule has 0 bridgehead atoms. The molecule has 1 aromatic carbocycles. The van der Waals surface area contributed by atoms with Gasteiger partial charge in [-0.2, -0.15) is 24.2 Å². The van der Waals surface area contributed by atoms with Crippen LogP contribution >= 0.6 is 0 Å². The van der Waals surface area contributed by atoms with E-state index in [-0.39, 0.29) is 18.4 Å². The minimum atomic E-state index is -4.83. The third-order valence-corrected chi connectivity index (χ3v) is 6.50. The van der Waals surface area contributed by atoms with Crippen molar-refractivity contribution in [1.29, 1.82) is 5.26 Å². The molecule has 2 heterocycles. The number of piperidine rings is 1. The van der Waals surface area contributed by atoms with Crippen LogP contribution < -0.4 is 4.90 Å². The fourth-order valence-electron chi connectivity index (χ4n) is 3.03. The third kappa shape index (κ3) is 3.24. The minimum Gasteiger partial charge on any atom is -0.370 e. The van der Waals surface area contributed by atoms with E-state index < -0.39 is 25.9 Å². The highest BCUT2D eigenvalue weighted by molar-refractivity contribution is 7.92. The molecule has 0 N–H and O–H groups in total. The van der Waals surface area contributed by atoms with Gasteiger partial charge in [0.2, 0.25) is 9.84 Å². The third-order valence-electron chi connectivity index (χ3n) is 4.56. The molecule has 1 aromatic heterocycles. The van der Waals surface area contributed by atoms with Crippen LogP contribution in [0.1, 0.15) is 18.4 Å². The van der Waals surface area contributed by atoms with E-state index in [0.717, 1.165) is 17.8 Å². The molecule has 0 amide bonds. The van der Waals surface area contributed by atoms with Crippen LogP contribution in [0.2, 0.25) is 0 Å². The molecule has 1 aliphatic rings. The molecule has 6 nitrogen and oxygen atoms in total. The van der Waals surface area contributed by atoms with Crippen molar-refractivity contribution in [2.75, 3.05) is 18.0 Å². The number of halogens is 2. The lowest BCUT2D eigenvalue weighted by Crippen LogP contribution is -2.44. The van der Waals surface area contributed by atoms with E-state index in [4.69, 9.17) is 5.26 Å². The number of nitrogens with zero attached hydrogens (tertiary/aromatic N) is 4.